The molecule has 776 valence electrons. The van der Waals surface area contributed by atoms with E-state index in [0.29, 0.717) is 48.5 Å². The Balaban J connectivity index is 0.000000162. The van der Waals surface area contributed by atoms with Crippen LogP contribution >= 0.6 is 27.5 Å². The van der Waals surface area contributed by atoms with E-state index in [4.69, 9.17) is 36.6 Å². The fraction of sp³-hybridized carbons (Fsp3) is 0.368. The maximum absolute atomic E-state index is 14.7. The third-order valence-electron chi connectivity index (χ3n) is 23.8. The number of hydrogen-bond donors (Lipinski definition) is 13. The summed E-state index contributed by atoms with van der Waals surface area (Å²) in [5, 5.41) is 110. The minimum Gasteiger partial charge on any atom is -0.458 e. The number of nitrogens with zero attached hydrogens (tertiary/aromatic N) is 15. The van der Waals surface area contributed by atoms with Crippen molar-refractivity contribution in [1.82, 2.24) is 73.8 Å². The largest absolute Gasteiger partial charge is 0.458 e. The molecule has 0 amide bonds. The molecule has 0 bridgehead atoms. The Morgan fingerprint density at radius 2 is 0.993 bits per heavy atom. The van der Waals surface area contributed by atoms with Crippen molar-refractivity contribution in [2.75, 3.05) is 37.1 Å². The maximum Gasteiger partial charge on any atom is 0.333 e. The Morgan fingerprint density at radius 3 is 1.51 bits per heavy atom. The summed E-state index contributed by atoms with van der Waals surface area (Å²) in [6.07, 6.45) is 5.52. The standard InChI is InChI=1S/C22H25BrN6O6S.C22H23ClFN5O6S.C22H22F3N5O6S.C21H22F3N5O6S/c23-15-3-1-2-13(4-15)9-29-17(10-30)7-19(28-29)21(32)18-8-25-12-26-22(18)27-16-5-14(20(31)6-16)11-35-36(24,33)34;23-16-5-12(1-2-17(16)24)9-29-4-3-18(28-29)22(32)15-8-26-11-27-19(15)7-13-6-14(21(31)20(13)30)10-35-36(25,33)34;23-13-5-16(24)15(17(25)6-13)8-30-2-1-18(29-30)22(33)14-7-27-10-28-19(14)4-11-3-12(21(32)20(11)31)9-36-37(26,34)35;22-17-15(5-12(19(17)31)9-34-36(25,32)33)28-21-14(6-26-10-27-21)18(30)11-3-4-29(7-11)8-13-1-2-16(35-13)20(23)24/h1-4,7-8,12,14,16,20,30-31H,5-6,9-11H2,(H2,24,33,34)(H,25,26,27);1-5,8,11,13-14,20-21,30-31H,6-7,9-10H2,(H2,25,33,34);1-2,5-7,10-12,20-21,31-32H,3-4,8-9H2,(H2,26,34,35);1-4,6-7,10,12,15,17,19-20,31H,5,8-9H2,(H2,25,32,33)(H,26,27,28)/t14-,16-,20+;13-,14+,20-,21+;11-,12+,20-,21+;12-,15-,17-,19-/m1001/s1. The number of carbonyl (C=O) groups is 4. The second kappa shape index (κ2) is 48.1. The van der Waals surface area contributed by atoms with E-state index >= 15 is 0 Å². The summed E-state index contributed by atoms with van der Waals surface area (Å²) >= 11 is 9.25. The van der Waals surface area contributed by atoms with Gasteiger partial charge in [-0.2, -0.15) is 49.0 Å². The van der Waals surface area contributed by atoms with Gasteiger partial charge in [-0.05, 0) is 129 Å². The van der Waals surface area contributed by atoms with Crippen LogP contribution in [0.1, 0.15) is 148 Å². The van der Waals surface area contributed by atoms with Crippen LogP contribution in [-0.2, 0) is 104 Å². The Labute approximate surface area is 833 Å². The van der Waals surface area contributed by atoms with Gasteiger partial charge in [0.1, 0.15) is 89.2 Å². The number of aromatic nitrogens is 15. The lowest BCUT2D eigenvalue weighted by molar-refractivity contribution is -0.00336. The second-order valence-corrected chi connectivity index (χ2v) is 40.2. The fourth-order valence-electron chi connectivity index (χ4n) is 16.7. The minimum atomic E-state index is -4.26. The molecular formula is C87H92BrClF7N21O24S4. The van der Waals surface area contributed by atoms with Crippen LogP contribution in [0, 0.1) is 58.8 Å². The number of benzene rings is 3. The van der Waals surface area contributed by atoms with Gasteiger partial charge in [0.25, 0.3) is 6.43 Å². The molecule has 0 saturated heterocycles. The number of nitrogens with one attached hydrogen (secondary N) is 2. The maximum atomic E-state index is 14.7. The first kappa shape index (κ1) is 110. The number of halogens is 9. The summed E-state index contributed by atoms with van der Waals surface area (Å²) in [5.74, 6) is -9.46. The highest BCUT2D eigenvalue weighted by Crippen LogP contribution is 2.39. The molecule has 4 fully saturated rings. The molecule has 58 heteroatoms. The van der Waals surface area contributed by atoms with Crippen LogP contribution in [-0.4, -0.2) is 248 Å². The van der Waals surface area contributed by atoms with E-state index in [2.05, 4.69) is 98.5 Å². The van der Waals surface area contributed by atoms with E-state index in [9.17, 15) is 119 Å². The van der Waals surface area contributed by atoms with Crippen LogP contribution < -0.4 is 31.2 Å². The lowest BCUT2D eigenvalue weighted by atomic mass is 9.95. The molecule has 145 heavy (non-hydrogen) atoms. The van der Waals surface area contributed by atoms with E-state index in [0.717, 1.165) is 21.0 Å². The Kier molecular flexibility index (Phi) is 36.5. The molecule has 9 aromatic heterocycles. The molecule has 3 aromatic carbocycles. The van der Waals surface area contributed by atoms with E-state index in [1.165, 1.54) is 109 Å². The highest BCUT2D eigenvalue weighted by Gasteiger charge is 2.47. The quantitative estimate of drug-likeness (QED) is 0.0191. The van der Waals surface area contributed by atoms with Crippen molar-refractivity contribution in [1.29, 1.82) is 0 Å². The zero-order chi connectivity index (χ0) is 105. The zero-order valence-electron chi connectivity index (χ0n) is 75.3. The predicted molar refractivity (Wildman–Crippen MR) is 494 cm³/mol. The molecule has 15 atom stereocenters. The van der Waals surface area contributed by atoms with Gasteiger partial charge in [-0.3, -0.25) is 50.0 Å². The van der Waals surface area contributed by atoms with Crippen LogP contribution in [0.25, 0.3) is 0 Å². The van der Waals surface area contributed by atoms with Crippen molar-refractivity contribution in [3.63, 3.8) is 0 Å². The van der Waals surface area contributed by atoms with Crippen molar-refractivity contribution in [2.24, 2.45) is 56.1 Å². The average Bonchev–Trinajstić information content (AvgIpc) is 1.68. The first-order valence-corrected chi connectivity index (χ1v) is 50.5. The van der Waals surface area contributed by atoms with Crippen molar-refractivity contribution >= 4 is 104 Å². The van der Waals surface area contributed by atoms with E-state index < -0.39 is 209 Å². The number of anilines is 2. The summed E-state index contributed by atoms with van der Waals surface area (Å²) in [5.41, 5.74) is 3.11. The van der Waals surface area contributed by atoms with Crippen molar-refractivity contribution in [2.45, 2.75) is 139 Å². The average molecular weight is 2190 g/mol. The smallest absolute Gasteiger partial charge is 0.333 e. The predicted octanol–water partition coefficient (Wildman–Crippen LogP) is 4.14. The summed E-state index contributed by atoms with van der Waals surface area (Å²) < 4.78 is 213. The Bertz CT molecular complexity index is 7110. The number of nitrogens with two attached hydrogens (primary N) is 4. The van der Waals surface area contributed by atoms with Gasteiger partial charge in [0, 0.05) is 107 Å². The monoisotopic (exact) mass is 2190 g/mol. The molecule has 16 rings (SSSR count). The number of alkyl halides is 3. The number of hydrogen-bond acceptors (Lipinski definition) is 37. The molecular weight excluding hydrogens is 2100 g/mol. The number of aliphatic hydroxyl groups is 7. The molecule has 0 unspecified atom stereocenters. The molecule has 0 aliphatic heterocycles. The molecule has 0 spiro atoms. The van der Waals surface area contributed by atoms with Gasteiger partial charge in [-0.25, -0.2) is 91.2 Å². The van der Waals surface area contributed by atoms with Crippen molar-refractivity contribution < 1.29 is 140 Å². The third kappa shape index (κ3) is 29.9. The molecule has 9 heterocycles. The highest BCUT2D eigenvalue weighted by molar-refractivity contribution is 9.10. The van der Waals surface area contributed by atoms with E-state index in [1.54, 1.807) is 27.7 Å². The number of ketones is 4. The Morgan fingerprint density at radius 1 is 0.503 bits per heavy atom. The third-order valence-corrected chi connectivity index (χ3v) is 26.5. The van der Waals surface area contributed by atoms with Gasteiger partial charge in [-0.15, -0.1) is 0 Å². The molecule has 4 saturated carbocycles. The van der Waals surface area contributed by atoms with Crippen LogP contribution in [0.5, 0.6) is 0 Å². The first-order valence-electron chi connectivity index (χ1n) is 43.5. The molecule has 17 N–H and O–H groups in total. The molecule has 4 aliphatic carbocycles. The zero-order valence-corrected chi connectivity index (χ0v) is 80.9. The summed E-state index contributed by atoms with van der Waals surface area (Å²) in [7, 11) is -16.8. The van der Waals surface area contributed by atoms with Crippen LogP contribution in [0.4, 0.5) is 42.4 Å². The SMILES string of the molecule is NS(=O)(=O)OC[C@H]1C[C@@H](Cc2ncncc2C(=O)c2ccn(Cc3c(F)cc(F)cc3F)n2)[C@H](O)[C@@H]1O.NS(=O)(=O)OC[C@H]1C[C@@H](Cc2ncncc2C(=O)c2ccn(Cc3ccc(F)c(Cl)c3)n2)[C@H](O)[C@@H]1O.NS(=O)(=O)OC[C@H]1C[C@@H](Nc2ncncc2C(=O)c2cc(CO)n(Cc3cccc(Br)c3)n2)C[C@@H]1O.NS(=O)(=O)OC[C@H]1C[C@@H](Nc2ncncc2C(=O)c2ccn(Cc3ccc(C(F)F)o3)c2)[C@@H](F)[C@@H]1O. The lowest BCUT2D eigenvalue weighted by Crippen LogP contribution is -2.33. The minimum absolute atomic E-state index is 0.0142. The van der Waals surface area contributed by atoms with Crippen LogP contribution in [0.2, 0.25) is 5.02 Å². The van der Waals surface area contributed by atoms with Gasteiger partial charge < -0.3 is 55.4 Å². The van der Waals surface area contributed by atoms with E-state index in [-0.39, 0.29) is 144 Å². The van der Waals surface area contributed by atoms with Gasteiger partial charge in [0.2, 0.25) is 17.3 Å². The summed E-state index contributed by atoms with van der Waals surface area (Å²) in [4.78, 5) is 84.9. The molecule has 45 nitrogen and oxygen atoms in total. The highest BCUT2D eigenvalue weighted by atomic mass is 79.9. The van der Waals surface area contributed by atoms with Crippen molar-refractivity contribution in [3.8, 4) is 0 Å². The summed E-state index contributed by atoms with van der Waals surface area (Å²) in [6.45, 7) is -1.49. The number of rotatable bonds is 38. The fourth-order valence-corrected chi connectivity index (χ4v) is 18.8. The topological polar surface area (TPSA) is 686 Å². The molecule has 12 aromatic rings. The number of carbonyl (C=O) groups excluding carboxylic acids is 4. The van der Waals surface area contributed by atoms with Crippen LogP contribution in [0.3, 0.4) is 0 Å². The van der Waals surface area contributed by atoms with Gasteiger partial charge >= 0.3 is 41.2 Å². The normalized spacial score (nSPS) is 21.6. The second-order valence-electron chi connectivity index (χ2n) is 34.0. The van der Waals surface area contributed by atoms with Crippen LogP contribution in [0.15, 0.2) is 175 Å². The number of furan rings is 1. The number of aliphatic hydroxyl groups excluding tert-OH is 7. The van der Waals surface area contributed by atoms with Gasteiger partial charge in [-0.1, -0.05) is 45.7 Å². The molecule has 4 aliphatic rings. The Hall–Kier alpha value is -12.1. The lowest BCUT2D eigenvalue weighted by Gasteiger charge is -2.18. The van der Waals surface area contributed by atoms with Crippen molar-refractivity contribution in [3.05, 3.63) is 289 Å². The van der Waals surface area contributed by atoms with Gasteiger partial charge in [0.05, 0.1) is 146 Å². The van der Waals surface area contributed by atoms with Gasteiger partial charge in [0.15, 0.2) is 11.5 Å². The molecule has 0 radical (unpaired) electrons. The first-order chi connectivity index (χ1) is 68.6. The van der Waals surface area contributed by atoms with E-state index in [1.807, 2.05) is 24.3 Å². The summed E-state index contributed by atoms with van der Waals surface area (Å²) in [6, 6.07) is 20.2.